The first kappa shape index (κ1) is 28.1. The second kappa shape index (κ2) is 12.6. The second-order valence-electron chi connectivity index (χ2n) is 8.56. The number of hydrogen-bond acceptors (Lipinski definition) is 5. The minimum absolute atomic E-state index is 0.0341. The molecule has 3 rings (SSSR count). The number of aromatic nitrogens is 1. The highest BCUT2D eigenvalue weighted by atomic mass is 19.1. The molecule has 8 nitrogen and oxygen atoms in total. The van der Waals surface area contributed by atoms with Crippen LogP contribution in [0.2, 0.25) is 0 Å². The highest BCUT2D eigenvalue weighted by molar-refractivity contribution is 5.94. The number of hydrogen-bond donors (Lipinski definition) is 3. The van der Waals surface area contributed by atoms with E-state index >= 15 is 0 Å². The van der Waals surface area contributed by atoms with E-state index in [4.69, 9.17) is 11.5 Å². The van der Waals surface area contributed by atoms with Crippen molar-refractivity contribution >= 4 is 23.8 Å². The topological polar surface area (TPSA) is 135 Å². The van der Waals surface area contributed by atoms with Gasteiger partial charge in [0.1, 0.15) is 5.60 Å². The van der Waals surface area contributed by atoms with E-state index in [1.54, 1.807) is 25.8 Å². The van der Waals surface area contributed by atoms with Gasteiger partial charge in [0.15, 0.2) is 0 Å². The zero-order valence-corrected chi connectivity index (χ0v) is 20.4. The van der Waals surface area contributed by atoms with Crippen LogP contribution in [-0.4, -0.2) is 40.9 Å². The summed E-state index contributed by atoms with van der Waals surface area (Å²) in [6.07, 6.45) is 4.71. The van der Waals surface area contributed by atoms with Crippen LogP contribution in [0.4, 0.5) is 19.3 Å². The third-order valence-electron chi connectivity index (χ3n) is 5.03. The van der Waals surface area contributed by atoms with Crippen molar-refractivity contribution in [1.82, 2.24) is 4.98 Å². The number of benzene rings is 1. The van der Waals surface area contributed by atoms with Gasteiger partial charge in [-0.1, -0.05) is 17.9 Å². The van der Waals surface area contributed by atoms with Crippen molar-refractivity contribution in [2.24, 2.45) is 16.5 Å². The van der Waals surface area contributed by atoms with Gasteiger partial charge in [-0.05, 0) is 68.3 Å². The molecule has 1 aromatic carbocycles. The van der Waals surface area contributed by atoms with Gasteiger partial charge in [0.05, 0.1) is 0 Å². The fourth-order valence-corrected chi connectivity index (χ4v) is 3.21. The molecule has 0 unspecified atom stereocenters. The molecule has 3 amide bonds. The van der Waals surface area contributed by atoms with Crippen LogP contribution < -0.4 is 16.4 Å². The standard InChI is InChI=1S/C16H19NO2.C10H10F2N4O/c1-16(2,19)10-9-12-7-8-13-5-4-6-15(18)17(3)14(13)11-12;11-8-2-1-7(9(12)16-8)3-6(4-13)5-15-10(14)17/h7-8,11,19H,4-6H2,1-3H3;1-2,4-5H,3,13H2,(H2,14,17)/b;6-4-,15-5+. The maximum Gasteiger partial charge on any atom is 0.338 e. The molecule has 36 heavy (non-hydrogen) atoms. The Kier molecular flexibility index (Phi) is 9.82. The van der Waals surface area contributed by atoms with Crippen molar-refractivity contribution in [1.29, 1.82) is 0 Å². The fourth-order valence-electron chi connectivity index (χ4n) is 3.21. The molecule has 2 heterocycles. The number of carbonyl (C=O) groups excluding carboxylic acids is 2. The Balaban J connectivity index is 0.000000255. The van der Waals surface area contributed by atoms with E-state index < -0.39 is 23.5 Å². The van der Waals surface area contributed by atoms with E-state index in [1.165, 1.54) is 11.6 Å². The minimum atomic E-state index is -1.01. The molecule has 0 atom stereocenters. The number of urea groups is 1. The molecule has 1 aromatic heterocycles. The van der Waals surface area contributed by atoms with Gasteiger partial charge in [0, 0.05) is 42.9 Å². The molecule has 0 spiro atoms. The van der Waals surface area contributed by atoms with E-state index in [9.17, 15) is 23.5 Å². The number of anilines is 1. The van der Waals surface area contributed by atoms with E-state index in [0.717, 1.165) is 42.6 Å². The summed E-state index contributed by atoms with van der Waals surface area (Å²) in [5.41, 5.74) is 12.5. The number of carbonyl (C=O) groups is 2. The molecule has 0 bridgehead atoms. The Morgan fingerprint density at radius 1 is 1.28 bits per heavy atom. The summed E-state index contributed by atoms with van der Waals surface area (Å²) in [6.45, 7) is 3.30. The van der Waals surface area contributed by atoms with E-state index in [1.807, 2.05) is 18.2 Å². The van der Waals surface area contributed by atoms with Gasteiger partial charge in [-0.25, -0.2) is 9.79 Å². The molecule has 2 aromatic rings. The van der Waals surface area contributed by atoms with Crippen molar-refractivity contribution < 1.29 is 23.5 Å². The Morgan fingerprint density at radius 2 is 2.00 bits per heavy atom. The van der Waals surface area contributed by atoms with Gasteiger partial charge in [-0.2, -0.15) is 13.8 Å². The fraction of sp³-hybridized carbons (Fsp3) is 0.308. The Hall–Kier alpha value is -4.10. The van der Waals surface area contributed by atoms with Crippen LogP contribution in [0.3, 0.4) is 0 Å². The van der Waals surface area contributed by atoms with Crippen LogP contribution >= 0.6 is 0 Å². The molecule has 0 saturated heterocycles. The monoisotopic (exact) mass is 497 g/mol. The lowest BCUT2D eigenvalue weighted by Gasteiger charge is -2.17. The Morgan fingerprint density at radius 3 is 2.61 bits per heavy atom. The first-order valence-electron chi connectivity index (χ1n) is 11.1. The number of aliphatic imine (C=N–C) groups is 1. The maximum atomic E-state index is 13.2. The second-order valence-corrected chi connectivity index (χ2v) is 8.56. The number of aliphatic hydroxyl groups is 1. The van der Waals surface area contributed by atoms with Crippen molar-refractivity contribution in [2.45, 2.75) is 45.1 Å². The smallest absolute Gasteiger partial charge is 0.338 e. The number of amides is 3. The predicted octanol–water partition coefficient (Wildman–Crippen LogP) is 3.00. The lowest BCUT2D eigenvalue weighted by molar-refractivity contribution is -0.118. The average Bonchev–Trinajstić information content (AvgIpc) is 2.94. The molecule has 0 radical (unpaired) electrons. The Bertz CT molecular complexity index is 1240. The number of nitrogens with zero attached hydrogens (tertiary/aromatic N) is 3. The summed E-state index contributed by atoms with van der Waals surface area (Å²) in [5.74, 6) is 4.05. The average molecular weight is 498 g/mol. The summed E-state index contributed by atoms with van der Waals surface area (Å²) in [7, 11) is 1.81. The first-order valence-corrected chi connectivity index (χ1v) is 11.1. The van der Waals surface area contributed by atoms with Gasteiger partial charge in [-0.15, -0.1) is 0 Å². The Labute approximate surface area is 208 Å². The van der Waals surface area contributed by atoms with Crippen LogP contribution in [0.1, 0.15) is 43.4 Å². The predicted molar refractivity (Wildman–Crippen MR) is 134 cm³/mol. The first-order chi connectivity index (χ1) is 16.9. The number of primary amides is 1. The summed E-state index contributed by atoms with van der Waals surface area (Å²) >= 11 is 0. The molecular weight excluding hydrogens is 468 g/mol. The van der Waals surface area contributed by atoms with Crippen molar-refractivity contribution in [3.8, 4) is 11.8 Å². The normalized spacial score (nSPS) is 13.8. The number of halogens is 2. The van der Waals surface area contributed by atoms with Gasteiger partial charge >= 0.3 is 6.03 Å². The molecule has 10 heteroatoms. The van der Waals surface area contributed by atoms with Gasteiger partial charge < -0.3 is 21.5 Å². The largest absolute Gasteiger partial charge is 0.404 e. The summed E-state index contributed by atoms with van der Waals surface area (Å²) in [4.78, 5) is 30.3. The molecule has 1 aliphatic rings. The summed E-state index contributed by atoms with van der Waals surface area (Å²) < 4.78 is 25.7. The number of pyridine rings is 1. The van der Waals surface area contributed by atoms with E-state index in [0.29, 0.717) is 12.0 Å². The lowest BCUT2D eigenvalue weighted by Crippen LogP contribution is -2.25. The van der Waals surface area contributed by atoms with Crippen molar-refractivity contribution in [3.63, 3.8) is 0 Å². The van der Waals surface area contributed by atoms with Crippen LogP contribution in [0.15, 0.2) is 47.1 Å². The molecule has 0 fully saturated rings. The van der Waals surface area contributed by atoms with E-state index in [-0.39, 0.29) is 17.9 Å². The summed E-state index contributed by atoms with van der Waals surface area (Å²) in [5, 5.41) is 9.62. The van der Waals surface area contributed by atoms with Crippen LogP contribution in [0.5, 0.6) is 0 Å². The third-order valence-corrected chi connectivity index (χ3v) is 5.03. The number of fused-ring (bicyclic) bond motifs is 1. The van der Waals surface area contributed by atoms with Crippen molar-refractivity contribution in [2.75, 3.05) is 11.9 Å². The van der Waals surface area contributed by atoms with Crippen LogP contribution in [0.25, 0.3) is 0 Å². The quantitative estimate of drug-likeness (QED) is 0.340. The van der Waals surface area contributed by atoms with Crippen LogP contribution in [0, 0.1) is 23.7 Å². The molecule has 190 valence electrons. The van der Waals surface area contributed by atoms with Gasteiger partial charge in [0.2, 0.25) is 17.8 Å². The number of rotatable bonds is 3. The van der Waals surface area contributed by atoms with E-state index in [2.05, 4.69) is 21.8 Å². The number of nitrogens with two attached hydrogens (primary N) is 2. The van der Waals surface area contributed by atoms with Gasteiger partial charge in [-0.3, -0.25) is 4.79 Å². The summed E-state index contributed by atoms with van der Waals surface area (Å²) in [6, 6.07) is 7.27. The maximum absolute atomic E-state index is 13.2. The minimum Gasteiger partial charge on any atom is -0.404 e. The highest BCUT2D eigenvalue weighted by Gasteiger charge is 2.18. The SMILES string of the molecule is CN1C(=O)CCCc2ccc(C#CC(C)(C)O)cc21.N/C=C(\C=N\C(N)=O)Cc1ccc(F)nc1F. The molecule has 0 aliphatic carbocycles. The van der Waals surface area contributed by atoms with Crippen LogP contribution in [-0.2, 0) is 17.6 Å². The molecule has 1 aliphatic heterocycles. The zero-order valence-electron chi connectivity index (χ0n) is 20.4. The highest BCUT2D eigenvalue weighted by Crippen LogP contribution is 2.27. The molecule has 0 saturated carbocycles. The molecule has 5 N–H and O–H groups in total. The van der Waals surface area contributed by atoms with Crippen molar-refractivity contribution in [3.05, 3.63) is 70.7 Å². The zero-order chi connectivity index (χ0) is 26.9. The number of allylic oxidation sites excluding steroid dienone is 1. The third kappa shape index (κ3) is 8.92. The lowest BCUT2D eigenvalue weighted by atomic mass is 10.0. The van der Waals surface area contributed by atoms with Gasteiger partial charge in [0.25, 0.3) is 0 Å². The molecular formula is C26H29F2N5O3. The number of aryl methyl sites for hydroxylation is 1.